The molecule has 0 aromatic heterocycles. The van der Waals surface area contributed by atoms with Crippen molar-refractivity contribution in [1.82, 2.24) is 0 Å². The van der Waals surface area contributed by atoms with Gasteiger partial charge in [0.05, 0.1) is 12.3 Å². The van der Waals surface area contributed by atoms with Crippen LogP contribution in [0.4, 0.5) is 10.1 Å². The summed E-state index contributed by atoms with van der Waals surface area (Å²) in [7, 11) is 0. The lowest BCUT2D eigenvalue weighted by Crippen LogP contribution is -2.19. The first kappa shape index (κ1) is 15.4. The molecular weight excluding hydrogens is 265 g/mol. The van der Waals surface area contributed by atoms with E-state index >= 15 is 0 Å². The van der Waals surface area contributed by atoms with Crippen LogP contribution in [0.15, 0.2) is 42.5 Å². The molecule has 3 heteroatoms. The molecule has 0 fully saturated rings. The van der Waals surface area contributed by atoms with Crippen molar-refractivity contribution in [2.45, 2.75) is 33.2 Å². The summed E-state index contributed by atoms with van der Waals surface area (Å²) < 4.78 is 19.3. The van der Waals surface area contributed by atoms with Gasteiger partial charge in [-0.25, -0.2) is 4.39 Å². The van der Waals surface area contributed by atoms with Gasteiger partial charge in [-0.2, -0.15) is 0 Å². The lowest BCUT2D eigenvalue weighted by Gasteiger charge is -2.19. The molecule has 112 valence electrons. The molecule has 0 spiro atoms. The van der Waals surface area contributed by atoms with Crippen molar-refractivity contribution < 1.29 is 9.13 Å². The van der Waals surface area contributed by atoms with E-state index in [1.807, 2.05) is 51.1 Å². The number of hydrogen-bond acceptors (Lipinski definition) is 2. The van der Waals surface area contributed by atoms with Gasteiger partial charge >= 0.3 is 0 Å². The molecule has 2 aromatic rings. The van der Waals surface area contributed by atoms with Crippen molar-refractivity contribution in [3.8, 4) is 5.75 Å². The number of halogens is 1. The summed E-state index contributed by atoms with van der Waals surface area (Å²) in [4.78, 5) is 0. The third-order valence-electron chi connectivity index (χ3n) is 3.32. The van der Waals surface area contributed by atoms with Gasteiger partial charge in [-0.15, -0.1) is 0 Å². The molecule has 1 atom stereocenters. The molecule has 0 heterocycles. The van der Waals surface area contributed by atoms with Crippen molar-refractivity contribution in [1.29, 1.82) is 0 Å². The number of benzene rings is 2. The van der Waals surface area contributed by atoms with E-state index in [-0.39, 0.29) is 11.9 Å². The second-order valence-corrected chi connectivity index (χ2v) is 5.27. The zero-order chi connectivity index (χ0) is 15.2. The van der Waals surface area contributed by atoms with Crippen LogP contribution in [0.3, 0.4) is 0 Å². The van der Waals surface area contributed by atoms with E-state index in [0.29, 0.717) is 13.0 Å². The van der Waals surface area contributed by atoms with Gasteiger partial charge in [-0.05, 0) is 56.5 Å². The van der Waals surface area contributed by atoms with Crippen LogP contribution in [0.25, 0.3) is 0 Å². The van der Waals surface area contributed by atoms with Crippen molar-refractivity contribution >= 4 is 5.69 Å². The highest BCUT2D eigenvalue weighted by Crippen LogP contribution is 2.27. The Balaban J connectivity index is 2.09. The van der Waals surface area contributed by atoms with Gasteiger partial charge in [0.25, 0.3) is 0 Å². The smallest absolute Gasteiger partial charge is 0.142 e. The summed E-state index contributed by atoms with van der Waals surface area (Å²) in [5.41, 5.74) is 2.83. The van der Waals surface area contributed by atoms with Crippen LogP contribution < -0.4 is 10.1 Å². The lowest BCUT2D eigenvalue weighted by atomic mass is 10.1. The molecule has 1 N–H and O–H groups in total. The quantitative estimate of drug-likeness (QED) is 0.840. The van der Waals surface area contributed by atoms with Crippen molar-refractivity contribution in [3.05, 3.63) is 59.4 Å². The molecule has 0 aliphatic heterocycles. The Morgan fingerprint density at radius 2 is 1.95 bits per heavy atom. The van der Waals surface area contributed by atoms with E-state index in [2.05, 4.69) is 5.32 Å². The predicted octanol–water partition coefficient (Wildman–Crippen LogP) is 4.58. The number of nitrogens with one attached hydrogen (secondary N) is 1. The average Bonchev–Trinajstić information content (AvgIpc) is 2.45. The van der Waals surface area contributed by atoms with Crippen molar-refractivity contribution in [2.75, 3.05) is 11.9 Å². The van der Waals surface area contributed by atoms with Gasteiger partial charge in [0.15, 0.2) is 0 Å². The van der Waals surface area contributed by atoms with E-state index in [4.69, 9.17) is 4.74 Å². The number of ether oxygens (including phenoxy) is 1. The summed E-state index contributed by atoms with van der Waals surface area (Å²) in [5.74, 6) is 0.693. The Kier molecular flexibility index (Phi) is 5.20. The highest BCUT2D eigenvalue weighted by Gasteiger charge is 2.10. The molecule has 21 heavy (non-hydrogen) atoms. The Labute approximate surface area is 126 Å². The zero-order valence-corrected chi connectivity index (χ0v) is 12.8. The summed E-state index contributed by atoms with van der Waals surface area (Å²) in [6.45, 7) is 6.67. The lowest BCUT2D eigenvalue weighted by molar-refractivity contribution is 0.341. The van der Waals surface area contributed by atoms with Gasteiger partial charge in [0, 0.05) is 6.04 Å². The second kappa shape index (κ2) is 7.11. The standard InChI is InChI=1S/C18H22FNO/c1-4-21-18-11-13(2)9-10-17(18)20-14(3)12-15-7-5-6-8-16(15)19/h5-11,14,20H,4,12H2,1-3H3. The molecule has 1 unspecified atom stereocenters. The number of aryl methyl sites for hydroxylation is 1. The summed E-state index contributed by atoms with van der Waals surface area (Å²) in [5, 5.41) is 3.41. The third-order valence-corrected chi connectivity index (χ3v) is 3.32. The Hall–Kier alpha value is -2.03. The monoisotopic (exact) mass is 287 g/mol. The van der Waals surface area contributed by atoms with Crippen LogP contribution in [0.2, 0.25) is 0 Å². The highest BCUT2D eigenvalue weighted by atomic mass is 19.1. The molecule has 2 rings (SSSR count). The van der Waals surface area contributed by atoms with Crippen LogP contribution in [0, 0.1) is 12.7 Å². The highest BCUT2D eigenvalue weighted by molar-refractivity contribution is 5.58. The van der Waals surface area contributed by atoms with Crippen LogP contribution in [0.5, 0.6) is 5.75 Å². The largest absolute Gasteiger partial charge is 0.492 e. The summed E-state index contributed by atoms with van der Waals surface area (Å²) in [6.07, 6.45) is 0.631. The minimum absolute atomic E-state index is 0.115. The van der Waals surface area contributed by atoms with Crippen molar-refractivity contribution in [2.24, 2.45) is 0 Å². The van der Waals surface area contributed by atoms with E-state index in [0.717, 1.165) is 22.6 Å². The fourth-order valence-corrected chi connectivity index (χ4v) is 2.33. The molecule has 0 amide bonds. The van der Waals surface area contributed by atoms with Crippen LogP contribution in [0.1, 0.15) is 25.0 Å². The molecule has 2 aromatic carbocycles. The van der Waals surface area contributed by atoms with Crippen LogP contribution in [-0.4, -0.2) is 12.6 Å². The number of hydrogen-bond donors (Lipinski definition) is 1. The topological polar surface area (TPSA) is 21.3 Å². The van der Waals surface area contributed by atoms with Gasteiger partial charge in [0.1, 0.15) is 11.6 Å². The Morgan fingerprint density at radius 3 is 2.67 bits per heavy atom. The molecular formula is C18H22FNO. The molecule has 0 radical (unpaired) electrons. The molecule has 0 saturated heterocycles. The molecule has 2 nitrogen and oxygen atoms in total. The molecule has 0 aliphatic rings. The first-order chi connectivity index (χ1) is 10.1. The number of anilines is 1. The summed E-state index contributed by atoms with van der Waals surface area (Å²) >= 11 is 0. The summed E-state index contributed by atoms with van der Waals surface area (Å²) in [6, 6.07) is 13.1. The van der Waals surface area contributed by atoms with Gasteiger partial charge in [0.2, 0.25) is 0 Å². The Bertz CT molecular complexity index is 598. The molecule has 0 saturated carbocycles. The molecule has 0 aliphatic carbocycles. The van der Waals surface area contributed by atoms with Crippen LogP contribution in [-0.2, 0) is 6.42 Å². The first-order valence-corrected chi connectivity index (χ1v) is 7.33. The van der Waals surface area contributed by atoms with Crippen molar-refractivity contribution in [3.63, 3.8) is 0 Å². The average molecular weight is 287 g/mol. The minimum atomic E-state index is -0.153. The first-order valence-electron chi connectivity index (χ1n) is 7.33. The minimum Gasteiger partial charge on any atom is -0.492 e. The third kappa shape index (κ3) is 4.22. The van der Waals surface area contributed by atoms with E-state index in [9.17, 15) is 4.39 Å². The maximum Gasteiger partial charge on any atom is 0.142 e. The second-order valence-electron chi connectivity index (χ2n) is 5.27. The van der Waals surface area contributed by atoms with Gasteiger partial charge in [-0.3, -0.25) is 0 Å². The predicted molar refractivity (Wildman–Crippen MR) is 85.5 cm³/mol. The normalized spacial score (nSPS) is 12.0. The van der Waals surface area contributed by atoms with Gasteiger partial charge < -0.3 is 10.1 Å². The SMILES string of the molecule is CCOc1cc(C)ccc1NC(C)Cc1ccccc1F. The van der Waals surface area contributed by atoms with E-state index < -0.39 is 0 Å². The van der Waals surface area contributed by atoms with E-state index in [1.54, 1.807) is 6.07 Å². The van der Waals surface area contributed by atoms with E-state index in [1.165, 1.54) is 6.07 Å². The molecule has 0 bridgehead atoms. The number of rotatable bonds is 6. The fourth-order valence-electron chi connectivity index (χ4n) is 2.33. The van der Waals surface area contributed by atoms with Crippen LogP contribution >= 0.6 is 0 Å². The van der Waals surface area contributed by atoms with Gasteiger partial charge in [-0.1, -0.05) is 24.3 Å². The zero-order valence-electron chi connectivity index (χ0n) is 12.8. The maximum atomic E-state index is 13.7. The maximum absolute atomic E-state index is 13.7. The fraction of sp³-hybridized carbons (Fsp3) is 0.333. The Morgan fingerprint density at radius 1 is 1.19 bits per heavy atom.